The molecule has 0 radical (unpaired) electrons. The Morgan fingerprint density at radius 1 is 1.86 bits per heavy atom. The third-order valence-corrected chi connectivity index (χ3v) is 1.31. The quantitative estimate of drug-likeness (QED) is 0.301. The second-order valence-corrected chi connectivity index (χ2v) is 1.84. The zero-order chi connectivity index (χ0) is 5.28. The number of alkyl halides is 1. The maximum Gasteiger partial charge on any atom is 0.103 e. The Morgan fingerprint density at radius 3 is 2.71 bits per heavy atom. The van der Waals surface area contributed by atoms with Crippen LogP contribution in [0, 0.1) is 0 Å². The number of epoxide rings is 1. The molecule has 0 aliphatic carbocycles. The standard InChI is InChI=1S/C5H7ClO/c1-2-4-5(3-6)7-4/h2,4-5H,1,3H2/t4-,5-/m1/s1. The average molecular weight is 119 g/mol. The van der Waals surface area contributed by atoms with Gasteiger partial charge in [-0.3, -0.25) is 0 Å². The molecule has 1 nitrogen and oxygen atoms in total. The minimum atomic E-state index is 0.248. The highest BCUT2D eigenvalue weighted by Gasteiger charge is 2.34. The lowest BCUT2D eigenvalue weighted by Gasteiger charge is -1.72. The summed E-state index contributed by atoms with van der Waals surface area (Å²) >= 11 is 5.40. The van der Waals surface area contributed by atoms with Crippen molar-refractivity contribution in [3.05, 3.63) is 12.7 Å². The van der Waals surface area contributed by atoms with E-state index in [9.17, 15) is 0 Å². The first-order chi connectivity index (χ1) is 3.38. The van der Waals surface area contributed by atoms with Crippen LogP contribution in [-0.2, 0) is 4.74 Å². The summed E-state index contributed by atoms with van der Waals surface area (Å²) in [5.41, 5.74) is 0. The molecular formula is C5H7ClO. The molecule has 0 bridgehead atoms. The molecule has 40 valence electrons. The van der Waals surface area contributed by atoms with E-state index in [0.29, 0.717) is 5.88 Å². The fourth-order valence-electron chi connectivity index (χ4n) is 0.488. The summed E-state index contributed by atoms with van der Waals surface area (Å²) < 4.78 is 4.97. The lowest BCUT2D eigenvalue weighted by atomic mass is 10.3. The van der Waals surface area contributed by atoms with Gasteiger partial charge in [-0.15, -0.1) is 18.2 Å². The van der Waals surface area contributed by atoms with Crippen LogP contribution < -0.4 is 0 Å². The van der Waals surface area contributed by atoms with E-state index in [1.165, 1.54) is 0 Å². The van der Waals surface area contributed by atoms with E-state index in [1.807, 2.05) is 0 Å². The lowest BCUT2D eigenvalue weighted by Crippen LogP contribution is -1.88. The van der Waals surface area contributed by atoms with Crippen LogP contribution in [0.2, 0.25) is 0 Å². The maximum absolute atomic E-state index is 5.40. The molecular weight excluding hydrogens is 112 g/mol. The topological polar surface area (TPSA) is 12.5 Å². The predicted octanol–water partition coefficient (Wildman–Crippen LogP) is 1.18. The fraction of sp³-hybridized carbons (Fsp3) is 0.600. The first kappa shape index (κ1) is 5.13. The van der Waals surface area contributed by atoms with Crippen LogP contribution >= 0.6 is 11.6 Å². The molecule has 0 spiro atoms. The van der Waals surface area contributed by atoms with E-state index >= 15 is 0 Å². The minimum Gasteiger partial charge on any atom is -0.364 e. The average Bonchev–Trinajstić information content (AvgIpc) is 2.43. The van der Waals surface area contributed by atoms with Crippen LogP contribution in [0.5, 0.6) is 0 Å². The van der Waals surface area contributed by atoms with Gasteiger partial charge in [0.1, 0.15) is 12.2 Å². The molecule has 2 heteroatoms. The molecule has 1 rings (SSSR count). The Bertz CT molecular complexity index is 82.1. The van der Waals surface area contributed by atoms with Crippen LogP contribution in [0.3, 0.4) is 0 Å². The summed E-state index contributed by atoms with van der Waals surface area (Å²) in [7, 11) is 0. The molecule has 0 N–H and O–H groups in total. The molecule has 0 saturated carbocycles. The number of rotatable bonds is 2. The number of halogens is 1. The summed E-state index contributed by atoms with van der Waals surface area (Å²) in [6, 6.07) is 0. The minimum absolute atomic E-state index is 0.248. The highest BCUT2D eigenvalue weighted by Crippen LogP contribution is 2.23. The summed E-state index contributed by atoms with van der Waals surface area (Å²) in [5.74, 6) is 0.594. The number of hydrogen-bond acceptors (Lipinski definition) is 1. The van der Waals surface area contributed by atoms with Gasteiger partial charge in [-0.1, -0.05) is 6.08 Å². The Balaban J connectivity index is 2.17. The highest BCUT2D eigenvalue weighted by atomic mass is 35.5. The molecule has 0 aromatic carbocycles. The third-order valence-electron chi connectivity index (χ3n) is 1.01. The molecule has 0 amide bonds. The van der Waals surface area contributed by atoms with Gasteiger partial charge < -0.3 is 4.74 Å². The van der Waals surface area contributed by atoms with E-state index in [-0.39, 0.29) is 12.2 Å². The van der Waals surface area contributed by atoms with E-state index in [1.54, 1.807) is 6.08 Å². The van der Waals surface area contributed by atoms with Crippen molar-refractivity contribution >= 4 is 11.6 Å². The van der Waals surface area contributed by atoms with E-state index < -0.39 is 0 Å². The molecule has 1 saturated heterocycles. The summed E-state index contributed by atoms with van der Waals surface area (Å²) in [6.45, 7) is 3.54. The lowest BCUT2D eigenvalue weighted by molar-refractivity contribution is 0.402. The summed E-state index contributed by atoms with van der Waals surface area (Å²) in [5, 5.41) is 0. The van der Waals surface area contributed by atoms with E-state index in [4.69, 9.17) is 16.3 Å². The molecule has 0 aromatic heterocycles. The van der Waals surface area contributed by atoms with Crippen LogP contribution in [0.1, 0.15) is 0 Å². The molecule has 1 aliphatic rings. The smallest absolute Gasteiger partial charge is 0.103 e. The predicted molar refractivity (Wildman–Crippen MR) is 29.6 cm³/mol. The Morgan fingerprint density at radius 2 is 2.57 bits per heavy atom. The van der Waals surface area contributed by atoms with Crippen molar-refractivity contribution in [1.82, 2.24) is 0 Å². The SMILES string of the molecule is C=C[C@H]1O[C@@H]1CCl. The zero-order valence-corrected chi connectivity index (χ0v) is 4.69. The van der Waals surface area contributed by atoms with Crippen molar-refractivity contribution in [1.29, 1.82) is 0 Å². The largest absolute Gasteiger partial charge is 0.364 e. The van der Waals surface area contributed by atoms with Gasteiger partial charge in [-0.2, -0.15) is 0 Å². The van der Waals surface area contributed by atoms with Gasteiger partial charge in [-0.05, 0) is 0 Å². The van der Waals surface area contributed by atoms with Crippen LogP contribution in [0.15, 0.2) is 12.7 Å². The second kappa shape index (κ2) is 1.85. The Hall–Kier alpha value is -0.0100. The van der Waals surface area contributed by atoms with Gasteiger partial charge in [0, 0.05) is 0 Å². The normalized spacial score (nSPS) is 37.9. The van der Waals surface area contributed by atoms with Crippen molar-refractivity contribution in [2.45, 2.75) is 12.2 Å². The summed E-state index contributed by atoms with van der Waals surface area (Å²) in [6.07, 6.45) is 2.28. The third kappa shape index (κ3) is 0.956. The van der Waals surface area contributed by atoms with Gasteiger partial charge in [0.15, 0.2) is 0 Å². The fourth-order valence-corrected chi connectivity index (χ4v) is 0.736. The van der Waals surface area contributed by atoms with Gasteiger partial charge in [-0.25, -0.2) is 0 Å². The molecule has 0 aromatic rings. The highest BCUT2D eigenvalue weighted by molar-refractivity contribution is 6.18. The van der Waals surface area contributed by atoms with Gasteiger partial charge in [0.2, 0.25) is 0 Å². The van der Waals surface area contributed by atoms with Crippen molar-refractivity contribution in [2.24, 2.45) is 0 Å². The van der Waals surface area contributed by atoms with Gasteiger partial charge in [0.05, 0.1) is 5.88 Å². The van der Waals surface area contributed by atoms with Crippen molar-refractivity contribution in [3.63, 3.8) is 0 Å². The molecule has 1 heterocycles. The zero-order valence-electron chi connectivity index (χ0n) is 3.93. The van der Waals surface area contributed by atoms with Gasteiger partial charge >= 0.3 is 0 Å². The number of ether oxygens (including phenoxy) is 1. The molecule has 2 atom stereocenters. The second-order valence-electron chi connectivity index (χ2n) is 1.53. The molecule has 1 fully saturated rings. The summed E-state index contributed by atoms with van der Waals surface area (Å²) in [4.78, 5) is 0. The van der Waals surface area contributed by atoms with Gasteiger partial charge in [0.25, 0.3) is 0 Å². The first-order valence-corrected chi connectivity index (χ1v) is 2.76. The molecule has 1 aliphatic heterocycles. The van der Waals surface area contributed by atoms with E-state index in [0.717, 1.165) is 0 Å². The van der Waals surface area contributed by atoms with Crippen molar-refractivity contribution in [2.75, 3.05) is 5.88 Å². The maximum atomic E-state index is 5.40. The van der Waals surface area contributed by atoms with Crippen molar-refractivity contribution in [3.8, 4) is 0 Å². The monoisotopic (exact) mass is 118 g/mol. The Labute approximate surface area is 47.9 Å². The van der Waals surface area contributed by atoms with Crippen molar-refractivity contribution < 1.29 is 4.74 Å². The molecule has 0 unspecified atom stereocenters. The van der Waals surface area contributed by atoms with Crippen LogP contribution in [0.25, 0.3) is 0 Å². The van der Waals surface area contributed by atoms with Crippen LogP contribution in [0.4, 0.5) is 0 Å². The van der Waals surface area contributed by atoms with E-state index in [2.05, 4.69) is 6.58 Å². The Kier molecular flexibility index (Phi) is 1.35. The van der Waals surface area contributed by atoms with Crippen LogP contribution in [-0.4, -0.2) is 18.1 Å². The first-order valence-electron chi connectivity index (χ1n) is 2.22. The molecule has 7 heavy (non-hydrogen) atoms. The number of hydrogen-bond donors (Lipinski definition) is 0.